The van der Waals surface area contributed by atoms with Crippen molar-refractivity contribution in [2.24, 2.45) is 17.4 Å². The first kappa shape index (κ1) is 82.5. The molecule has 5 heterocycles. The molecule has 35 heteroatoms. The van der Waals surface area contributed by atoms with E-state index in [0.29, 0.717) is 127 Å². The Morgan fingerprint density at radius 3 is 2.09 bits per heavy atom. The number of anilines is 1. The molecule has 0 fully saturated rings. The number of esters is 1. The molecule has 0 saturated carbocycles. The molecule has 3 aliphatic rings. The van der Waals surface area contributed by atoms with Crippen LogP contribution in [0.15, 0.2) is 65.5 Å². The molecule has 109 heavy (non-hydrogen) atoms. The minimum Gasteiger partial charge on any atom is -0.458 e. The Bertz CT molecular complexity index is 4280. The highest BCUT2D eigenvalue weighted by molar-refractivity contribution is 5.99. The van der Waals surface area contributed by atoms with Crippen LogP contribution in [0.2, 0.25) is 0 Å². The molecule has 3 aromatic carbocycles. The number of fused-ring (bicyclic) bond motifs is 5. The van der Waals surface area contributed by atoms with Crippen molar-refractivity contribution in [3.63, 3.8) is 0 Å². The fraction of sp³-hybridized carbons (Fsp3) is 0.500. The molecule has 5 atom stereocenters. The van der Waals surface area contributed by atoms with Gasteiger partial charge in [-0.3, -0.25) is 33.6 Å². The number of aliphatic hydroxyl groups is 1. The fourth-order valence-corrected chi connectivity index (χ4v) is 12.7. The molecule has 34 nitrogen and oxygen atoms in total. The number of hydrogen-bond acceptors (Lipinski definition) is 24. The van der Waals surface area contributed by atoms with Gasteiger partial charge in [-0.25, -0.2) is 23.8 Å². The number of urea groups is 1. The molecule has 1 aliphatic carbocycles. The fourth-order valence-electron chi connectivity index (χ4n) is 12.7. The Balaban J connectivity index is 0.608. The van der Waals surface area contributed by atoms with E-state index in [2.05, 4.69) is 62.9 Å². The van der Waals surface area contributed by atoms with E-state index in [9.17, 15) is 53.1 Å². The van der Waals surface area contributed by atoms with Crippen LogP contribution in [0.4, 0.5) is 19.7 Å². The van der Waals surface area contributed by atoms with E-state index in [4.69, 9.17) is 49.6 Å². The molecule has 0 saturated heterocycles. The van der Waals surface area contributed by atoms with Crippen LogP contribution in [-0.2, 0) is 105 Å². The van der Waals surface area contributed by atoms with Gasteiger partial charge in [0.25, 0.3) is 5.56 Å². The third kappa shape index (κ3) is 22.8. The number of carbonyl (C=O) groups is 9. The minimum atomic E-state index is -2.05. The smallest absolute Gasteiger partial charge is 0.407 e. The Morgan fingerprint density at radius 1 is 0.725 bits per heavy atom. The van der Waals surface area contributed by atoms with E-state index in [1.54, 1.807) is 65.0 Å². The second-order valence-corrected chi connectivity index (χ2v) is 26.8. The summed E-state index contributed by atoms with van der Waals surface area (Å²) in [7, 11) is 0. The summed E-state index contributed by atoms with van der Waals surface area (Å²) < 4.78 is 55.2. The van der Waals surface area contributed by atoms with E-state index in [1.165, 1.54) is 10.6 Å². The van der Waals surface area contributed by atoms with E-state index in [1.807, 2.05) is 24.3 Å². The largest absolute Gasteiger partial charge is 0.458 e. The second kappa shape index (κ2) is 40.0. The van der Waals surface area contributed by atoms with Crippen LogP contribution >= 0.6 is 0 Å². The molecule has 586 valence electrons. The summed E-state index contributed by atoms with van der Waals surface area (Å²) in [5.74, 6) is -3.63. The SMILES string of the molecule is CC[C@@]1(O)C(=O)OCc2c1cc1n(c2=O)Cc2c-1nc1cc(F)c(C)c3c1c2[C@@H](NC(=O)COCNC(=O)[C@@H](N)CCCCNC(=O)OCc1ccc(NC(=O)[C@H](CCCNC(N)=O)NC(=O)[C@@H](NC(=O)CCOCCOCCOCCOCCNC(=O)Cc2ccc(-c4nnc(C)nn4)cc2)C(C)C)cc1)CC3. The lowest BCUT2D eigenvalue weighted by Gasteiger charge is -2.31. The van der Waals surface area contributed by atoms with Crippen LogP contribution in [0, 0.1) is 25.6 Å². The van der Waals surface area contributed by atoms with E-state index >= 15 is 4.39 Å². The number of carbonyl (C=O) groups excluding carboxylic acids is 9. The van der Waals surface area contributed by atoms with E-state index in [-0.39, 0.29) is 121 Å². The van der Waals surface area contributed by atoms with Gasteiger partial charge in [-0.05, 0) is 117 Å². The third-order valence-corrected chi connectivity index (χ3v) is 18.6. The molecule has 9 rings (SSSR count). The predicted molar refractivity (Wildman–Crippen MR) is 390 cm³/mol. The number of nitrogens with one attached hydrogen (secondary N) is 8. The molecule has 0 bridgehead atoms. The van der Waals surface area contributed by atoms with Crippen molar-refractivity contribution >= 4 is 70.1 Å². The highest BCUT2D eigenvalue weighted by Gasteiger charge is 2.46. The Kier molecular flexibility index (Phi) is 30.3. The van der Waals surface area contributed by atoms with Crippen molar-refractivity contribution < 1.29 is 85.8 Å². The number of primary amides is 1. The van der Waals surface area contributed by atoms with Gasteiger partial charge in [0.2, 0.25) is 41.3 Å². The molecule has 2 aliphatic heterocycles. The lowest BCUT2D eigenvalue weighted by Crippen LogP contribution is -2.54. The van der Waals surface area contributed by atoms with E-state index in [0.717, 1.165) is 16.7 Å². The molecule has 0 unspecified atom stereocenters. The molecular formula is C74H95FN16O18. The first-order valence-corrected chi connectivity index (χ1v) is 36.3. The normalized spacial score (nSPS) is 15.5. The number of aromatic nitrogens is 6. The number of benzene rings is 3. The number of hydrogen-bond donors (Lipinski definition) is 11. The number of ether oxygens (including phenoxy) is 7. The van der Waals surface area contributed by atoms with Gasteiger partial charge in [-0.2, -0.15) is 0 Å². The van der Waals surface area contributed by atoms with Gasteiger partial charge in [0.1, 0.15) is 44.5 Å². The molecule has 0 spiro atoms. The molecule has 13 N–H and O–H groups in total. The first-order valence-electron chi connectivity index (χ1n) is 36.3. The number of nitrogens with two attached hydrogens (primary N) is 2. The van der Waals surface area contributed by atoms with Crippen LogP contribution in [0.1, 0.15) is 129 Å². The van der Waals surface area contributed by atoms with Crippen molar-refractivity contribution in [2.75, 3.05) is 91.1 Å². The standard InChI is InChI=1S/C74H95FN16O18/c1-6-74(102)52-35-58-65-50(37-91(58)70(98)51(52)39-108-71(74)99)63-55(21-20-49-43(4)53(75)36-57(84-65)62(49)63)83-61(94)40-107-41-81-67(95)54(76)10-7-8-23-80-73(101)109-38-46-14-18-48(19-15-46)82-68(96)56(11-9-24-79-72(77)100)85-69(97)64(42(2)3)86-59(92)22-26-103-28-30-105-32-33-106-31-29-104-27-25-78-60(93)34-45-12-16-47(17-13-45)66-89-87-44(5)88-90-66/h12-19,35-36,42,54-56,64,102H,6-11,20-34,37-41,76H2,1-5H3,(H,78,93)(H,80,101)(H,81,95)(H,82,96)(H,83,94)(H,85,97)(H,86,92)(H3,77,79,100)/t54-,55-,56-,64-,74-/m0/s1. The van der Waals surface area contributed by atoms with Crippen molar-refractivity contribution in [2.45, 2.75) is 148 Å². The van der Waals surface area contributed by atoms with Crippen LogP contribution in [0.5, 0.6) is 0 Å². The average molecular weight is 1520 g/mol. The zero-order valence-corrected chi connectivity index (χ0v) is 61.6. The van der Waals surface area contributed by atoms with Crippen LogP contribution in [-0.4, -0.2) is 193 Å². The zero-order chi connectivity index (χ0) is 78.2. The van der Waals surface area contributed by atoms with Gasteiger partial charge in [-0.1, -0.05) is 57.2 Å². The van der Waals surface area contributed by atoms with Gasteiger partial charge in [0, 0.05) is 59.9 Å². The maximum absolute atomic E-state index is 15.4. The Morgan fingerprint density at radius 2 is 1.40 bits per heavy atom. The topological polar surface area (TPSA) is 473 Å². The monoisotopic (exact) mass is 1510 g/mol. The maximum Gasteiger partial charge on any atom is 0.407 e. The summed E-state index contributed by atoms with van der Waals surface area (Å²) in [6.45, 7) is 10.1. The number of pyridine rings is 2. The van der Waals surface area contributed by atoms with Crippen molar-refractivity contribution in [3.05, 3.63) is 127 Å². The number of rotatable bonds is 42. The number of cyclic esters (lactones) is 1. The predicted octanol–water partition coefficient (Wildman–Crippen LogP) is 2.53. The van der Waals surface area contributed by atoms with Crippen molar-refractivity contribution in [1.29, 1.82) is 0 Å². The van der Waals surface area contributed by atoms with Crippen LogP contribution in [0.25, 0.3) is 33.7 Å². The zero-order valence-electron chi connectivity index (χ0n) is 61.6. The maximum atomic E-state index is 15.4. The number of unbranched alkanes of at least 4 members (excludes halogenated alkanes) is 1. The van der Waals surface area contributed by atoms with Gasteiger partial charge in [0.05, 0.1) is 100 Å². The summed E-state index contributed by atoms with van der Waals surface area (Å²) in [6, 6.07) is 12.2. The summed E-state index contributed by atoms with van der Waals surface area (Å²) >= 11 is 0. The second-order valence-electron chi connectivity index (χ2n) is 26.8. The molecular weight excluding hydrogens is 1420 g/mol. The van der Waals surface area contributed by atoms with Crippen molar-refractivity contribution in [3.8, 4) is 22.8 Å². The average Bonchev–Trinajstić information content (AvgIpc) is 1.61. The number of amides is 9. The lowest BCUT2D eigenvalue weighted by atomic mass is 9.81. The molecule has 3 aromatic heterocycles. The number of alkyl carbamates (subject to hydrolysis) is 1. The molecule has 9 amide bonds. The third-order valence-electron chi connectivity index (χ3n) is 18.6. The molecule has 0 radical (unpaired) electrons. The van der Waals surface area contributed by atoms with E-state index < -0.39 is 95.4 Å². The highest BCUT2D eigenvalue weighted by Crippen LogP contribution is 2.46. The number of halogens is 1. The number of aryl methyl sites for hydroxylation is 2. The quantitative estimate of drug-likeness (QED) is 0.0149. The van der Waals surface area contributed by atoms with Gasteiger partial charge in [0.15, 0.2) is 11.4 Å². The summed E-state index contributed by atoms with van der Waals surface area (Å²) in [5.41, 5.74) is 15.2. The molecule has 6 aromatic rings. The van der Waals surface area contributed by atoms with Crippen LogP contribution < -0.4 is 59.6 Å². The minimum absolute atomic E-state index is 0.0457. The summed E-state index contributed by atoms with van der Waals surface area (Å²) in [5, 5.41) is 49.7. The van der Waals surface area contributed by atoms with Crippen LogP contribution in [0.3, 0.4) is 0 Å². The Labute approximate surface area is 627 Å². The first-order chi connectivity index (χ1) is 52.4. The highest BCUT2D eigenvalue weighted by atomic mass is 19.1. The number of nitrogens with zero attached hydrogens (tertiary/aromatic N) is 6. The van der Waals surface area contributed by atoms with Gasteiger partial charge >= 0.3 is 18.1 Å². The lowest BCUT2D eigenvalue weighted by molar-refractivity contribution is -0.172. The van der Waals surface area contributed by atoms with Gasteiger partial charge in [-0.15, -0.1) is 20.4 Å². The Hall–Kier alpha value is -10.6. The summed E-state index contributed by atoms with van der Waals surface area (Å²) in [6.07, 6.45) is 1.74. The van der Waals surface area contributed by atoms with Crippen molar-refractivity contribution in [1.82, 2.24) is 67.2 Å². The summed E-state index contributed by atoms with van der Waals surface area (Å²) in [4.78, 5) is 135. The van der Waals surface area contributed by atoms with Gasteiger partial charge < -0.3 is 96.8 Å².